The number of nitrogen functional groups attached to an aromatic ring is 1. The number of carbonyl (C=O) groups excluding carboxylic acids is 1. The van der Waals surface area contributed by atoms with Crippen LogP contribution in [0.5, 0.6) is 0 Å². The van der Waals surface area contributed by atoms with Crippen LogP contribution < -0.4 is 11.1 Å². The third-order valence-corrected chi connectivity index (χ3v) is 3.28. The lowest BCUT2D eigenvalue weighted by Gasteiger charge is -2.05. The van der Waals surface area contributed by atoms with Gasteiger partial charge in [0.15, 0.2) is 5.13 Å². The molecule has 0 aliphatic carbocycles. The van der Waals surface area contributed by atoms with Gasteiger partial charge in [-0.25, -0.2) is 4.98 Å². The monoisotopic (exact) mass is 279 g/mol. The molecule has 0 saturated heterocycles. The topological polar surface area (TPSA) is 77.2 Å². The number of benzene rings is 1. The molecule has 2 rings (SSSR count). The molecule has 0 atom stereocenters. The van der Waals surface area contributed by atoms with Gasteiger partial charge in [-0.05, 0) is 24.1 Å². The lowest BCUT2D eigenvalue weighted by Crippen LogP contribution is -2.19. The molecule has 102 valence electrons. The van der Waals surface area contributed by atoms with Gasteiger partial charge in [-0.15, -0.1) is 0 Å². The fourth-order valence-electron chi connectivity index (χ4n) is 1.54. The number of aromatic nitrogens is 1. The van der Waals surface area contributed by atoms with Gasteiger partial charge in [0.2, 0.25) is 0 Å². The number of amides is 1. The summed E-state index contributed by atoms with van der Waals surface area (Å²) in [6.07, 6.45) is 0. The highest BCUT2D eigenvalue weighted by Crippen LogP contribution is 2.27. The van der Waals surface area contributed by atoms with E-state index in [-0.39, 0.29) is 12.5 Å². The zero-order valence-electron chi connectivity index (χ0n) is 11.0. The molecule has 1 aromatic carbocycles. The van der Waals surface area contributed by atoms with Crippen molar-refractivity contribution in [2.45, 2.75) is 13.8 Å². The standard InChI is InChI=1S/C13H17N3O2S/c1-8(2)6-18-7-12(17)16-13-15-10-4-3-9(14)5-11(10)19-13/h3-5,8H,6-7,14H2,1-2H3,(H,15,16,17). The van der Waals surface area contributed by atoms with Gasteiger partial charge in [0, 0.05) is 12.3 Å². The first-order chi connectivity index (χ1) is 9.04. The van der Waals surface area contributed by atoms with E-state index in [0.29, 0.717) is 23.3 Å². The Balaban J connectivity index is 1.95. The molecule has 6 heteroatoms. The van der Waals surface area contributed by atoms with Crippen LogP contribution in [0.4, 0.5) is 10.8 Å². The van der Waals surface area contributed by atoms with Crippen molar-refractivity contribution < 1.29 is 9.53 Å². The third-order valence-electron chi connectivity index (χ3n) is 2.34. The highest BCUT2D eigenvalue weighted by Gasteiger charge is 2.08. The van der Waals surface area contributed by atoms with Crippen LogP contribution in [-0.2, 0) is 9.53 Å². The molecular formula is C13H17N3O2S. The first-order valence-corrected chi connectivity index (χ1v) is 6.90. The van der Waals surface area contributed by atoms with Crippen LogP contribution in [0.25, 0.3) is 10.2 Å². The number of rotatable bonds is 5. The van der Waals surface area contributed by atoms with E-state index in [9.17, 15) is 4.79 Å². The molecule has 0 unspecified atom stereocenters. The van der Waals surface area contributed by atoms with Crippen molar-refractivity contribution in [1.82, 2.24) is 4.98 Å². The van der Waals surface area contributed by atoms with Crippen LogP contribution in [0.1, 0.15) is 13.8 Å². The highest BCUT2D eigenvalue weighted by atomic mass is 32.1. The number of thiazole rings is 1. The molecule has 1 heterocycles. The number of hydrogen-bond donors (Lipinski definition) is 2. The van der Waals surface area contributed by atoms with Gasteiger partial charge in [-0.1, -0.05) is 25.2 Å². The van der Waals surface area contributed by atoms with Gasteiger partial charge in [0.25, 0.3) is 5.91 Å². The van der Waals surface area contributed by atoms with Gasteiger partial charge < -0.3 is 10.5 Å². The lowest BCUT2D eigenvalue weighted by molar-refractivity contribution is -0.120. The molecule has 0 aliphatic heterocycles. The summed E-state index contributed by atoms with van der Waals surface area (Å²) in [5, 5.41) is 3.30. The average Bonchev–Trinajstić information content (AvgIpc) is 2.69. The maximum Gasteiger partial charge on any atom is 0.252 e. The Morgan fingerprint density at radius 1 is 1.53 bits per heavy atom. The van der Waals surface area contributed by atoms with Gasteiger partial charge in [-0.2, -0.15) is 0 Å². The molecule has 0 fully saturated rings. The summed E-state index contributed by atoms with van der Waals surface area (Å²) in [6, 6.07) is 5.48. The van der Waals surface area contributed by atoms with E-state index in [1.165, 1.54) is 11.3 Å². The smallest absolute Gasteiger partial charge is 0.252 e. The quantitative estimate of drug-likeness (QED) is 0.824. The largest absolute Gasteiger partial charge is 0.399 e. The summed E-state index contributed by atoms with van der Waals surface area (Å²) in [4.78, 5) is 16.0. The molecule has 0 aliphatic rings. The summed E-state index contributed by atoms with van der Waals surface area (Å²) in [5.41, 5.74) is 7.22. The molecule has 0 bridgehead atoms. The van der Waals surface area contributed by atoms with E-state index in [0.717, 1.165) is 10.2 Å². The maximum atomic E-state index is 11.6. The van der Waals surface area contributed by atoms with E-state index in [1.54, 1.807) is 6.07 Å². The van der Waals surface area contributed by atoms with Crippen molar-refractivity contribution >= 4 is 38.3 Å². The molecule has 5 nitrogen and oxygen atoms in total. The molecule has 3 N–H and O–H groups in total. The van der Waals surface area contributed by atoms with Gasteiger partial charge >= 0.3 is 0 Å². The Hall–Kier alpha value is -1.66. The number of anilines is 2. The van der Waals surface area contributed by atoms with Crippen molar-refractivity contribution in [3.05, 3.63) is 18.2 Å². The molecule has 1 amide bonds. The number of hydrogen-bond acceptors (Lipinski definition) is 5. The SMILES string of the molecule is CC(C)COCC(=O)Nc1nc2ccc(N)cc2s1. The van der Waals surface area contributed by atoms with Crippen molar-refractivity contribution in [2.75, 3.05) is 24.3 Å². The van der Waals surface area contributed by atoms with E-state index in [2.05, 4.69) is 10.3 Å². The number of ether oxygens (including phenoxy) is 1. The van der Waals surface area contributed by atoms with E-state index >= 15 is 0 Å². The summed E-state index contributed by atoms with van der Waals surface area (Å²) < 4.78 is 6.22. The Kier molecular flexibility index (Phi) is 4.34. The van der Waals surface area contributed by atoms with E-state index < -0.39 is 0 Å². The molecule has 19 heavy (non-hydrogen) atoms. The number of carbonyl (C=O) groups is 1. The molecule has 0 radical (unpaired) electrons. The number of nitrogens with zero attached hydrogens (tertiary/aromatic N) is 1. The molecule has 0 saturated carbocycles. The lowest BCUT2D eigenvalue weighted by atomic mass is 10.2. The number of nitrogens with one attached hydrogen (secondary N) is 1. The number of nitrogens with two attached hydrogens (primary N) is 1. The van der Waals surface area contributed by atoms with Crippen molar-refractivity contribution in [2.24, 2.45) is 5.92 Å². The van der Waals surface area contributed by atoms with Crippen LogP contribution in [0.3, 0.4) is 0 Å². The maximum absolute atomic E-state index is 11.6. The Morgan fingerprint density at radius 2 is 2.32 bits per heavy atom. The normalized spacial score (nSPS) is 11.1. The highest BCUT2D eigenvalue weighted by molar-refractivity contribution is 7.22. The summed E-state index contributed by atoms with van der Waals surface area (Å²) in [5.74, 6) is 0.228. The fraction of sp³-hybridized carbons (Fsp3) is 0.385. The predicted octanol–water partition coefficient (Wildman–Crippen LogP) is 2.49. The van der Waals surface area contributed by atoms with Crippen molar-refractivity contribution in [3.8, 4) is 0 Å². The second-order valence-electron chi connectivity index (χ2n) is 4.70. The van der Waals surface area contributed by atoms with Gasteiger partial charge in [0.05, 0.1) is 10.2 Å². The summed E-state index contributed by atoms with van der Waals surface area (Å²) >= 11 is 1.40. The first kappa shape index (κ1) is 13.8. The zero-order chi connectivity index (χ0) is 13.8. The molecule has 1 aromatic heterocycles. The second-order valence-corrected chi connectivity index (χ2v) is 5.73. The molecule has 2 aromatic rings. The van der Waals surface area contributed by atoms with E-state index in [4.69, 9.17) is 10.5 Å². The zero-order valence-corrected chi connectivity index (χ0v) is 11.8. The van der Waals surface area contributed by atoms with Gasteiger partial charge in [0.1, 0.15) is 6.61 Å². The van der Waals surface area contributed by atoms with Crippen LogP contribution in [0, 0.1) is 5.92 Å². The first-order valence-electron chi connectivity index (χ1n) is 6.08. The van der Waals surface area contributed by atoms with Crippen molar-refractivity contribution in [1.29, 1.82) is 0 Å². The van der Waals surface area contributed by atoms with Crippen LogP contribution in [-0.4, -0.2) is 24.1 Å². The Morgan fingerprint density at radius 3 is 3.05 bits per heavy atom. The Labute approximate surface area is 115 Å². The van der Waals surface area contributed by atoms with E-state index in [1.807, 2.05) is 26.0 Å². The van der Waals surface area contributed by atoms with Gasteiger partial charge in [-0.3, -0.25) is 10.1 Å². The fourth-order valence-corrected chi connectivity index (χ4v) is 2.47. The Bertz CT molecular complexity index is 580. The molecular weight excluding hydrogens is 262 g/mol. The minimum absolute atomic E-state index is 0.0518. The van der Waals surface area contributed by atoms with Crippen molar-refractivity contribution in [3.63, 3.8) is 0 Å². The minimum Gasteiger partial charge on any atom is -0.399 e. The third kappa shape index (κ3) is 3.90. The predicted molar refractivity (Wildman–Crippen MR) is 78.3 cm³/mol. The summed E-state index contributed by atoms with van der Waals surface area (Å²) in [7, 11) is 0. The minimum atomic E-state index is -0.187. The average molecular weight is 279 g/mol. The second kappa shape index (κ2) is 5.99. The van der Waals surface area contributed by atoms with Crippen LogP contribution in [0.2, 0.25) is 0 Å². The van der Waals surface area contributed by atoms with Crippen LogP contribution >= 0.6 is 11.3 Å². The van der Waals surface area contributed by atoms with Crippen LogP contribution in [0.15, 0.2) is 18.2 Å². The molecule has 0 spiro atoms. The number of fused-ring (bicyclic) bond motifs is 1. The summed E-state index contributed by atoms with van der Waals surface area (Å²) in [6.45, 7) is 4.70.